The average Bonchev–Trinajstić information content (AvgIpc) is 3.82. The van der Waals surface area contributed by atoms with Crippen molar-refractivity contribution >= 4 is 54.5 Å². The first-order chi connectivity index (χ1) is 27.8. The number of nitrogens with zero attached hydrogens (tertiary/aromatic N) is 4. The molecule has 0 atom stereocenters. The summed E-state index contributed by atoms with van der Waals surface area (Å²) in [5.74, 6) is 1.77. The minimum absolute atomic E-state index is 0.554. The Hall–Kier alpha value is -7.37. The molecule has 0 bridgehead atoms. The van der Waals surface area contributed by atoms with Gasteiger partial charge >= 0.3 is 0 Å². The van der Waals surface area contributed by atoms with Gasteiger partial charge in [-0.05, 0) is 51.7 Å². The van der Waals surface area contributed by atoms with Crippen LogP contribution in [0.2, 0.25) is 0 Å². The lowest BCUT2D eigenvalue weighted by atomic mass is 9.97. The summed E-state index contributed by atoms with van der Waals surface area (Å²) in [7, 11) is 0. The number of benzene rings is 8. The van der Waals surface area contributed by atoms with Crippen molar-refractivity contribution in [2.45, 2.75) is 13.8 Å². The molecule has 0 N–H and O–H groups in total. The third-order valence-electron chi connectivity index (χ3n) is 10.5. The highest BCUT2D eigenvalue weighted by Crippen LogP contribution is 2.43. The van der Waals surface area contributed by atoms with Gasteiger partial charge in [0, 0.05) is 38.2 Å². The summed E-state index contributed by atoms with van der Waals surface area (Å²) in [6, 6.07) is 63.3. The smallest absolute Gasteiger partial charge is 0.238 e. The van der Waals surface area contributed by atoms with Crippen LogP contribution in [0.4, 0.5) is 0 Å². The van der Waals surface area contributed by atoms with E-state index in [1.165, 1.54) is 5.39 Å². The SMILES string of the molecule is CC.c1ccc(-c2ccc(-c3nc(-c4ccccc4)nc(-n4c5cc6ccccc6cc5c5cccc(-c6cccc7oc8ccccc8c67)c54)n3)cc2)cc1. The molecular formula is C51H36N4O. The van der Waals surface area contributed by atoms with E-state index in [1.54, 1.807) is 0 Å². The first kappa shape index (κ1) is 33.2. The van der Waals surface area contributed by atoms with Gasteiger partial charge < -0.3 is 4.42 Å². The molecule has 5 heteroatoms. The van der Waals surface area contributed by atoms with Crippen LogP contribution in [0.5, 0.6) is 0 Å². The molecule has 5 nitrogen and oxygen atoms in total. The van der Waals surface area contributed by atoms with E-state index < -0.39 is 0 Å². The van der Waals surface area contributed by atoms with Gasteiger partial charge in [-0.3, -0.25) is 4.57 Å². The molecule has 0 saturated heterocycles. The van der Waals surface area contributed by atoms with Gasteiger partial charge in [0.1, 0.15) is 11.2 Å². The lowest BCUT2D eigenvalue weighted by molar-refractivity contribution is 0.669. The number of hydrogen-bond donors (Lipinski definition) is 0. The van der Waals surface area contributed by atoms with Crippen LogP contribution in [0.25, 0.3) is 105 Å². The minimum Gasteiger partial charge on any atom is -0.456 e. The van der Waals surface area contributed by atoms with Crippen LogP contribution < -0.4 is 0 Å². The Labute approximate surface area is 324 Å². The molecule has 56 heavy (non-hydrogen) atoms. The topological polar surface area (TPSA) is 56.7 Å². The van der Waals surface area contributed by atoms with Gasteiger partial charge in [0.05, 0.1) is 11.0 Å². The molecule has 3 heterocycles. The van der Waals surface area contributed by atoms with E-state index in [9.17, 15) is 0 Å². The highest BCUT2D eigenvalue weighted by molar-refractivity contribution is 6.20. The van der Waals surface area contributed by atoms with Gasteiger partial charge in [-0.25, -0.2) is 4.98 Å². The predicted octanol–water partition coefficient (Wildman–Crippen LogP) is 13.7. The van der Waals surface area contributed by atoms with Crippen molar-refractivity contribution in [2.75, 3.05) is 0 Å². The highest BCUT2D eigenvalue weighted by atomic mass is 16.3. The summed E-state index contributed by atoms with van der Waals surface area (Å²) < 4.78 is 8.62. The maximum Gasteiger partial charge on any atom is 0.238 e. The molecule has 0 unspecified atom stereocenters. The molecule has 0 aliphatic rings. The largest absolute Gasteiger partial charge is 0.456 e. The van der Waals surface area contributed by atoms with Crippen molar-refractivity contribution in [3.05, 3.63) is 182 Å². The molecule has 0 radical (unpaired) electrons. The van der Waals surface area contributed by atoms with Crippen LogP contribution in [0.3, 0.4) is 0 Å². The second-order valence-corrected chi connectivity index (χ2v) is 13.6. The fourth-order valence-electron chi connectivity index (χ4n) is 7.93. The average molecular weight is 721 g/mol. The van der Waals surface area contributed by atoms with Crippen LogP contribution in [-0.4, -0.2) is 19.5 Å². The standard InChI is InChI=1S/C49H30N4O.C2H6/c1-3-13-31(14-4-1)32-25-27-34(28-26-32)48-50-47(33-15-5-2-6-16-33)51-49(52-48)53-42-30-36-18-8-7-17-35(36)29-41(42)39-22-11-21-38(46(39)53)37-20-12-24-44-45(37)40-19-9-10-23-43(40)54-44;1-2/h1-30H;1-2H3. The predicted molar refractivity (Wildman–Crippen MR) is 232 cm³/mol. The van der Waals surface area contributed by atoms with Gasteiger partial charge in [-0.2, -0.15) is 9.97 Å². The van der Waals surface area contributed by atoms with Crippen LogP contribution in [0, 0.1) is 0 Å². The lowest BCUT2D eigenvalue weighted by Crippen LogP contribution is -2.07. The molecule has 0 aliphatic heterocycles. The van der Waals surface area contributed by atoms with E-state index >= 15 is 0 Å². The lowest BCUT2D eigenvalue weighted by Gasteiger charge is -2.14. The number of rotatable bonds is 5. The van der Waals surface area contributed by atoms with Crippen molar-refractivity contribution in [3.63, 3.8) is 0 Å². The normalized spacial score (nSPS) is 11.4. The van der Waals surface area contributed by atoms with Gasteiger partial charge in [-0.15, -0.1) is 0 Å². The Kier molecular flexibility index (Phi) is 8.19. The molecule has 0 amide bonds. The van der Waals surface area contributed by atoms with Gasteiger partial charge in [0.2, 0.25) is 5.95 Å². The second-order valence-electron chi connectivity index (χ2n) is 13.6. The second kappa shape index (κ2) is 13.8. The van der Waals surface area contributed by atoms with Gasteiger partial charge in [-0.1, -0.05) is 172 Å². The third kappa shape index (κ3) is 5.52. The van der Waals surface area contributed by atoms with E-state index in [0.29, 0.717) is 17.6 Å². The van der Waals surface area contributed by atoms with Crippen LogP contribution >= 0.6 is 0 Å². The first-order valence-electron chi connectivity index (χ1n) is 19.1. The van der Waals surface area contributed by atoms with E-state index in [1.807, 2.05) is 50.2 Å². The maximum absolute atomic E-state index is 6.38. The number of furan rings is 1. The van der Waals surface area contributed by atoms with Gasteiger partial charge in [0.15, 0.2) is 11.6 Å². The number of para-hydroxylation sites is 2. The summed E-state index contributed by atoms with van der Waals surface area (Å²) in [5, 5.41) is 6.74. The molecular weight excluding hydrogens is 685 g/mol. The van der Waals surface area contributed by atoms with Gasteiger partial charge in [0.25, 0.3) is 0 Å². The fourth-order valence-corrected chi connectivity index (χ4v) is 7.93. The van der Waals surface area contributed by atoms with Crippen molar-refractivity contribution in [2.24, 2.45) is 0 Å². The quantitative estimate of drug-likeness (QED) is 0.178. The van der Waals surface area contributed by atoms with Crippen molar-refractivity contribution in [3.8, 4) is 51.0 Å². The summed E-state index contributed by atoms with van der Waals surface area (Å²) in [6.07, 6.45) is 0. The molecule has 0 aliphatic carbocycles. The molecule has 11 aromatic rings. The molecule has 8 aromatic carbocycles. The Morgan fingerprint density at radius 3 is 1.70 bits per heavy atom. The number of hydrogen-bond acceptors (Lipinski definition) is 4. The van der Waals surface area contributed by atoms with Crippen LogP contribution in [0.1, 0.15) is 13.8 Å². The third-order valence-corrected chi connectivity index (χ3v) is 10.5. The number of fused-ring (bicyclic) bond motifs is 7. The van der Waals surface area contributed by atoms with E-state index in [4.69, 9.17) is 19.4 Å². The molecule has 11 rings (SSSR count). The highest BCUT2D eigenvalue weighted by Gasteiger charge is 2.23. The molecule has 0 saturated carbocycles. The Balaban J connectivity index is 0.00000189. The summed E-state index contributed by atoms with van der Waals surface area (Å²) >= 11 is 0. The van der Waals surface area contributed by atoms with E-state index in [-0.39, 0.29) is 0 Å². The molecule has 0 fully saturated rings. The van der Waals surface area contributed by atoms with Crippen molar-refractivity contribution in [1.29, 1.82) is 0 Å². The zero-order valence-corrected chi connectivity index (χ0v) is 31.0. The minimum atomic E-state index is 0.554. The maximum atomic E-state index is 6.38. The van der Waals surface area contributed by atoms with Crippen molar-refractivity contribution in [1.82, 2.24) is 19.5 Å². The van der Waals surface area contributed by atoms with Crippen molar-refractivity contribution < 1.29 is 4.42 Å². The first-order valence-corrected chi connectivity index (χ1v) is 19.1. The van der Waals surface area contributed by atoms with Crippen LogP contribution in [-0.2, 0) is 0 Å². The van der Waals surface area contributed by atoms with Crippen LogP contribution in [0.15, 0.2) is 186 Å². The molecule has 0 spiro atoms. The number of aromatic nitrogens is 4. The zero-order chi connectivity index (χ0) is 37.6. The zero-order valence-electron chi connectivity index (χ0n) is 31.0. The molecule has 3 aromatic heterocycles. The van der Waals surface area contributed by atoms with E-state index in [2.05, 4.69) is 150 Å². The Morgan fingerprint density at radius 2 is 0.946 bits per heavy atom. The monoisotopic (exact) mass is 720 g/mol. The summed E-state index contributed by atoms with van der Waals surface area (Å²) in [6.45, 7) is 4.00. The fraction of sp³-hybridized carbons (Fsp3) is 0.0392. The van der Waals surface area contributed by atoms with E-state index in [0.717, 1.165) is 82.5 Å². The Morgan fingerprint density at radius 1 is 0.411 bits per heavy atom. The summed E-state index contributed by atoms with van der Waals surface area (Å²) in [5.41, 5.74) is 10.1. The molecule has 266 valence electrons. The summed E-state index contributed by atoms with van der Waals surface area (Å²) in [4.78, 5) is 15.7. The Bertz CT molecular complexity index is 3200.